The van der Waals surface area contributed by atoms with Crippen molar-refractivity contribution >= 4 is 40.8 Å². The molecule has 0 spiro atoms. The van der Waals surface area contributed by atoms with Crippen molar-refractivity contribution in [1.82, 2.24) is 4.90 Å². The molecule has 0 atom stereocenters. The number of aliphatic carboxylic acids is 2. The number of carbonyl (C=O) groups is 2. The number of hydrogen-bond acceptors (Lipinski definition) is 4. The summed E-state index contributed by atoms with van der Waals surface area (Å²) in [4.78, 5) is 23.1. The maximum atomic E-state index is 9.10. The summed E-state index contributed by atoms with van der Waals surface area (Å²) in [5.41, 5.74) is 5.22. The van der Waals surface area contributed by atoms with Crippen LogP contribution in [-0.4, -0.2) is 53.2 Å². The van der Waals surface area contributed by atoms with Crippen LogP contribution in [0.15, 0.2) is 36.4 Å². The molecule has 1 aliphatic heterocycles. The highest BCUT2D eigenvalue weighted by atomic mass is 35.5. The van der Waals surface area contributed by atoms with Crippen LogP contribution in [-0.2, 0) is 16.1 Å². The first kappa shape index (κ1) is 23.0. The molecule has 1 heterocycles. The number of rotatable bonds is 3. The average Bonchev–Trinajstić information content (AvgIpc) is 2.69. The van der Waals surface area contributed by atoms with Gasteiger partial charge in [-0.05, 0) is 42.7 Å². The van der Waals surface area contributed by atoms with E-state index in [1.165, 1.54) is 16.8 Å². The molecule has 29 heavy (non-hydrogen) atoms. The molecule has 0 amide bonds. The number of nitrogens with zero attached hydrogens (tertiary/aromatic N) is 2. The van der Waals surface area contributed by atoms with E-state index >= 15 is 0 Å². The second-order valence-electron chi connectivity index (χ2n) is 6.81. The predicted octanol–water partition coefficient (Wildman–Crippen LogP) is 4.09. The highest BCUT2D eigenvalue weighted by Crippen LogP contribution is 2.28. The van der Waals surface area contributed by atoms with E-state index in [9.17, 15) is 0 Å². The number of benzene rings is 2. The Bertz CT molecular complexity index is 869. The van der Waals surface area contributed by atoms with Crippen molar-refractivity contribution in [2.24, 2.45) is 0 Å². The fourth-order valence-electron chi connectivity index (χ4n) is 3.14. The van der Waals surface area contributed by atoms with Crippen LogP contribution in [0.5, 0.6) is 0 Å². The van der Waals surface area contributed by atoms with E-state index in [0.717, 1.165) is 38.3 Å². The van der Waals surface area contributed by atoms with Crippen molar-refractivity contribution in [2.45, 2.75) is 20.4 Å². The molecule has 3 rings (SSSR count). The third-order valence-electron chi connectivity index (χ3n) is 4.90. The highest BCUT2D eigenvalue weighted by Gasteiger charge is 2.19. The number of carboxylic acids is 2. The van der Waals surface area contributed by atoms with E-state index in [1.807, 2.05) is 12.1 Å². The molecule has 0 aliphatic carbocycles. The van der Waals surface area contributed by atoms with Crippen LogP contribution in [0.25, 0.3) is 0 Å². The van der Waals surface area contributed by atoms with E-state index in [4.69, 9.17) is 43.0 Å². The zero-order valence-corrected chi connectivity index (χ0v) is 17.9. The lowest BCUT2D eigenvalue weighted by molar-refractivity contribution is -0.159. The SMILES string of the molecule is Cc1cccc(N2CCN(Cc3cccc(Cl)c3Cl)CC2)c1C.O=C(O)C(=O)O. The summed E-state index contributed by atoms with van der Waals surface area (Å²) in [7, 11) is 0. The summed E-state index contributed by atoms with van der Waals surface area (Å²) in [6.07, 6.45) is 0. The number of carboxylic acid groups (broad SMARTS) is 2. The molecule has 8 heteroatoms. The Labute approximate surface area is 180 Å². The molecular weight excluding hydrogens is 415 g/mol. The van der Waals surface area contributed by atoms with Gasteiger partial charge in [0, 0.05) is 38.4 Å². The number of aryl methyl sites for hydroxylation is 1. The first-order valence-corrected chi connectivity index (χ1v) is 9.89. The first-order valence-electron chi connectivity index (χ1n) is 9.13. The van der Waals surface area contributed by atoms with Crippen LogP contribution in [0.3, 0.4) is 0 Å². The minimum absolute atomic E-state index is 0.637. The normalized spacial score (nSPS) is 14.1. The summed E-state index contributed by atoms with van der Waals surface area (Å²) >= 11 is 12.4. The molecule has 0 bridgehead atoms. The highest BCUT2D eigenvalue weighted by molar-refractivity contribution is 6.42. The molecule has 0 radical (unpaired) electrons. The van der Waals surface area contributed by atoms with E-state index in [2.05, 4.69) is 47.9 Å². The second kappa shape index (κ2) is 10.5. The molecule has 6 nitrogen and oxygen atoms in total. The third kappa shape index (κ3) is 6.35. The Morgan fingerprint density at radius 3 is 2.10 bits per heavy atom. The zero-order chi connectivity index (χ0) is 21.6. The van der Waals surface area contributed by atoms with Gasteiger partial charge in [-0.2, -0.15) is 0 Å². The van der Waals surface area contributed by atoms with Crippen molar-refractivity contribution in [2.75, 3.05) is 31.1 Å². The van der Waals surface area contributed by atoms with Crippen LogP contribution >= 0.6 is 23.2 Å². The molecule has 1 saturated heterocycles. The lowest BCUT2D eigenvalue weighted by Crippen LogP contribution is -2.46. The molecule has 0 saturated carbocycles. The van der Waals surface area contributed by atoms with Gasteiger partial charge >= 0.3 is 11.9 Å². The minimum Gasteiger partial charge on any atom is -0.473 e. The van der Waals surface area contributed by atoms with Gasteiger partial charge < -0.3 is 15.1 Å². The molecule has 0 aromatic heterocycles. The number of halogens is 2. The first-order chi connectivity index (χ1) is 13.7. The topological polar surface area (TPSA) is 81.1 Å². The summed E-state index contributed by atoms with van der Waals surface area (Å²) in [5, 5.41) is 16.1. The Kier molecular flexibility index (Phi) is 8.32. The average molecular weight is 439 g/mol. The van der Waals surface area contributed by atoms with E-state index in [1.54, 1.807) is 0 Å². The lowest BCUT2D eigenvalue weighted by atomic mass is 10.1. The van der Waals surface area contributed by atoms with Gasteiger partial charge in [-0.1, -0.05) is 47.5 Å². The number of piperazine rings is 1. The van der Waals surface area contributed by atoms with Crippen LogP contribution in [0.4, 0.5) is 5.69 Å². The van der Waals surface area contributed by atoms with Gasteiger partial charge in [-0.15, -0.1) is 0 Å². The largest absolute Gasteiger partial charge is 0.473 e. The fourth-order valence-corrected chi connectivity index (χ4v) is 3.52. The Morgan fingerprint density at radius 1 is 0.931 bits per heavy atom. The van der Waals surface area contributed by atoms with Gasteiger partial charge in [0.15, 0.2) is 0 Å². The van der Waals surface area contributed by atoms with Crippen molar-refractivity contribution in [3.63, 3.8) is 0 Å². The Balaban J connectivity index is 0.000000438. The van der Waals surface area contributed by atoms with Gasteiger partial charge in [-0.3, -0.25) is 4.90 Å². The van der Waals surface area contributed by atoms with Crippen molar-refractivity contribution in [3.8, 4) is 0 Å². The van der Waals surface area contributed by atoms with Crippen LogP contribution in [0.2, 0.25) is 10.0 Å². The summed E-state index contributed by atoms with van der Waals surface area (Å²) in [6, 6.07) is 12.4. The Hall–Kier alpha value is -2.28. The molecule has 156 valence electrons. The Morgan fingerprint density at radius 2 is 1.52 bits per heavy atom. The van der Waals surface area contributed by atoms with Crippen molar-refractivity contribution < 1.29 is 19.8 Å². The van der Waals surface area contributed by atoms with E-state index < -0.39 is 11.9 Å². The molecule has 2 aromatic rings. The van der Waals surface area contributed by atoms with Crippen molar-refractivity contribution in [1.29, 1.82) is 0 Å². The quantitative estimate of drug-likeness (QED) is 0.702. The van der Waals surface area contributed by atoms with Crippen molar-refractivity contribution in [3.05, 3.63) is 63.1 Å². The van der Waals surface area contributed by atoms with E-state index in [0.29, 0.717) is 10.0 Å². The van der Waals surface area contributed by atoms with Gasteiger partial charge in [0.25, 0.3) is 0 Å². The second-order valence-corrected chi connectivity index (χ2v) is 7.59. The standard InChI is InChI=1S/C19H22Cl2N2.C2H2O4/c1-14-5-3-8-18(15(14)2)23-11-9-22(10-12-23)13-16-6-4-7-17(20)19(16)21;3-1(4)2(5)6/h3-8H,9-13H2,1-2H3;(H,3,4)(H,5,6). The summed E-state index contributed by atoms with van der Waals surface area (Å²) in [5.74, 6) is -3.65. The van der Waals surface area contributed by atoms with Crippen LogP contribution in [0, 0.1) is 13.8 Å². The minimum atomic E-state index is -1.82. The maximum absolute atomic E-state index is 9.10. The zero-order valence-electron chi connectivity index (χ0n) is 16.4. The molecule has 0 unspecified atom stereocenters. The summed E-state index contributed by atoms with van der Waals surface area (Å²) < 4.78 is 0. The smallest absolute Gasteiger partial charge is 0.414 e. The van der Waals surface area contributed by atoms with Gasteiger partial charge in [0.2, 0.25) is 0 Å². The molecule has 2 N–H and O–H groups in total. The van der Waals surface area contributed by atoms with Gasteiger partial charge in [0.05, 0.1) is 10.0 Å². The lowest BCUT2D eigenvalue weighted by Gasteiger charge is -2.37. The molecule has 1 aliphatic rings. The fraction of sp³-hybridized carbons (Fsp3) is 0.333. The van der Waals surface area contributed by atoms with Crippen LogP contribution < -0.4 is 4.90 Å². The molecule has 2 aromatic carbocycles. The monoisotopic (exact) mass is 438 g/mol. The number of hydrogen-bond donors (Lipinski definition) is 2. The molecule has 1 fully saturated rings. The third-order valence-corrected chi connectivity index (χ3v) is 5.76. The predicted molar refractivity (Wildman–Crippen MR) is 115 cm³/mol. The molecular formula is C21H24Cl2N2O4. The van der Waals surface area contributed by atoms with Gasteiger partial charge in [0.1, 0.15) is 0 Å². The number of anilines is 1. The maximum Gasteiger partial charge on any atom is 0.414 e. The van der Waals surface area contributed by atoms with E-state index in [-0.39, 0.29) is 0 Å². The van der Waals surface area contributed by atoms with Crippen LogP contribution in [0.1, 0.15) is 16.7 Å². The van der Waals surface area contributed by atoms with Gasteiger partial charge in [-0.25, -0.2) is 9.59 Å². The summed E-state index contributed by atoms with van der Waals surface area (Å²) in [6.45, 7) is 9.41.